The van der Waals surface area contributed by atoms with Crippen molar-refractivity contribution in [3.63, 3.8) is 0 Å². The Kier molecular flexibility index (Phi) is 4.95. The number of nitrogens with zero attached hydrogens (tertiary/aromatic N) is 3. The highest BCUT2D eigenvalue weighted by atomic mass is 16.2. The monoisotopic (exact) mass is 276 g/mol. The second-order valence-electron chi connectivity index (χ2n) is 5.36. The van der Waals surface area contributed by atoms with E-state index >= 15 is 0 Å². The average molecular weight is 276 g/mol. The number of carbonyl (C=O) groups is 1. The smallest absolute Gasteiger partial charge is 0.272 e. The number of aromatic nitrogens is 1. The maximum atomic E-state index is 12.7. The molecule has 1 aliphatic heterocycles. The van der Waals surface area contributed by atoms with Gasteiger partial charge in [-0.15, -0.1) is 0 Å². The molecule has 110 valence electrons. The minimum atomic E-state index is 0.0507. The highest BCUT2D eigenvalue weighted by Crippen LogP contribution is 2.16. The van der Waals surface area contributed by atoms with Crippen LogP contribution < -0.4 is 5.32 Å². The molecule has 1 aromatic heterocycles. The van der Waals surface area contributed by atoms with E-state index in [1.54, 1.807) is 12.3 Å². The van der Waals surface area contributed by atoms with Gasteiger partial charge in [-0.2, -0.15) is 0 Å². The lowest BCUT2D eigenvalue weighted by molar-refractivity contribution is 0.0669. The topological polar surface area (TPSA) is 48.5 Å². The molecule has 1 fully saturated rings. The number of pyridine rings is 1. The molecule has 1 saturated heterocycles. The number of likely N-dealkylation sites (N-methyl/N-ethyl adjacent to an activating group) is 1. The zero-order valence-corrected chi connectivity index (χ0v) is 12.6. The quantitative estimate of drug-likeness (QED) is 0.912. The molecule has 1 aliphatic rings. The second-order valence-corrected chi connectivity index (χ2v) is 5.36. The fourth-order valence-corrected chi connectivity index (χ4v) is 2.68. The number of rotatable bonds is 3. The summed E-state index contributed by atoms with van der Waals surface area (Å²) >= 11 is 0. The van der Waals surface area contributed by atoms with Crippen molar-refractivity contribution >= 4 is 11.6 Å². The van der Waals surface area contributed by atoms with E-state index in [4.69, 9.17) is 0 Å². The van der Waals surface area contributed by atoms with Crippen LogP contribution in [0.4, 0.5) is 5.69 Å². The minimum absolute atomic E-state index is 0.0507. The Labute approximate surface area is 121 Å². The molecular formula is C15H24N4O. The first-order valence-corrected chi connectivity index (χ1v) is 7.29. The van der Waals surface area contributed by atoms with Crippen LogP contribution >= 0.6 is 0 Å². The molecule has 1 atom stereocenters. The van der Waals surface area contributed by atoms with Gasteiger partial charge < -0.3 is 15.1 Å². The molecule has 0 spiro atoms. The third kappa shape index (κ3) is 3.28. The molecule has 1 unspecified atom stereocenters. The molecular weight excluding hydrogens is 252 g/mol. The molecule has 0 radical (unpaired) electrons. The summed E-state index contributed by atoms with van der Waals surface area (Å²) in [7, 11) is 3.97. The summed E-state index contributed by atoms with van der Waals surface area (Å²) in [6, 6.07) is 3.97. The number of hydrogen-bond donors (Lipinski definition) is 1. The van der Waals surface area contributed by atoms with Gasteiger partial charge in [0.15, 0.2) is 0 Å². The van der Waals surface area contributed by atoms with Crippen LogP contribution in [-0.2, 0) is 0 Å². The van der Waals surface area contributed by atoms with Gasteiger partial charge in [-0.05, 0) is 38.6 Å². The first kappa shape index (κ1) is 14.8. The van der Waals surface area contributed by atoms with Gasteiger partial charge in [0, 0.05) is 26.2 Å². The number of amides is 1. The Bertz CT molecular complexity index is 446. The van der Waals surface area contributed by atoms with E-state index in [2.05, 4.69) is 29.2 Å². The second kappa shape index (κ2) is 6.70. The van der Waals surface area contributed by atoms with Gasteiger partial charge in [0.25, 0.3) is 5.91 Å². The van der Waals surface area contributed by atoms with E-state index in [0.29, 0.717) is 5.69 Å². The number of anilines is 1. The lowest BCUT2D eigenvalue weighted by Crippen LogP contribution is -2.43. The number of carbonyl (C=O) groups excluding carboxylic acids is 1. The van der Waals surface area contributed by atoms with Gasteiger partial charge in [-0.3, -0.25) is 4.79 Å². The van der Waals surface area contributed by atoms with Gasteiger partial charge >= 0.3 is 0 Å². The predicted molar refractivity (Wildman–Crippen MR) is 81.0 cm³/mol. The Morgan fingerprint density at radius 3 is 2.85 bits per heavy atom. The summed E-state index contributed by atoms with van der Waals surface area (Å²) in [6.07, 6.45) is 3.70. The molecule has 5 nitrogen and oxygen atoms in total. The maximum Gasteiger partial charge on any atom is 0.272 e. The standard InChI is InChI=1S/C15H24N4O/c1-4-13-11-18(3)8-5-9-19(13)15(20)14-7-6-12(16-2)10-17-14/h6-7,10,13,16H,4-5,8-9,11H2,1-3H3. The van der Waals surface area contributed by atoms with E-state index in [-0.39, 0.29) is 11.9 Å². The van der Waals surface area contributed by atoms with Crippen LogP contribution in [0.1, 0.15) is 30.3 Å². The van der Waals surface area contributed by atoms with Gasteiger partial charge in [0.2, 0.25) is 0 Å². The van der Waals surface area contributed by atoms with Crippen LogP contribution in [0.3, 0.4) is 0 Å². The molecule has 5 heteroatoms. The minimum Gasteiger partial charge on any atom is -0.387 e. The Balaban J connectivity index is 2.16. The fourth-order valence-electron chi connectivity index (χ4n) is 2.68. The highest BCUT2D eigenvalue weighted by Gasteiger charge is 2.27. The van der Waals surface area contributed by atoms with Crippen LogP contribution in [0.5, 0.6) is 0 Å². The van der Waals surface area contributed by atoms with Crippen molar-refractivity contribution in [2.75, 3.05) is 39.0 Å². The Morgan fingerprint density at radius 2 is 2.25 bits per heavy atom. The molecule has 0 aromatic carbocycles. The van der Waals surface area contributed by atoms with Crippen LogP contribution in [0, 0.1) is 0 Å². The van der Waals surface area contributed by atoms with Gasteiger partial charge in [0.05, 0.1) is 11.9 Å². The Morgan fingerprint density at radius 1 is 1.45 bits per heavy atom. The summed E-state index contributed by atoms with van der Waals surface area (Å²) in [5.41, 5.74) is 1.45. The van der Waals surface area contributed by atoms with Crippen molar-refractivity contribution in [3.05, 3.63) is 24.0 Å². The van der Waals surface area contributed by atoms with Crippen molar-refractivity contribution < 1.29 is 4.79 Å². The molecule has 2 rings (SSSR count). The van der Waals surface area contributed by atoms with E-state index in [9.17, 15) is 4.79 Å². The van der Waals surface area contributed by atoms with Crippen molar-refractivity contribution in [2.45, 2.75) is 25.8 Å². The molecule has 0 bridgehead atoms. The maximum absolute atomic E-state index is 12.7. The normalized spacial score (nSPS) is 20.6. The van der Waals surface area contributed by atoms with E-state index in [0.717, 1.165) is 38.2 Å². The summed E-state index contributed by atoms with van der Waals surface area (Å²) in [6.45, 7) is 4.95. The molecule has 2 heterocycles. The van der Waals surface area contributed by atoms with Crippen molar-refractivity contribution in [1.29, 1.82) is 0 Å². The first-order chi connectivity index (χ1) is 9.65. The first-order valence-electron chi connectivity index (χ1n) is 7.29. The van der Waals surface area contributed by atoms with Crippen molar-refractivity contribution in [3.8, 4) is 0 Å². The van der Waals surface area contributed by atoms with Gasteiger partial charge in [-0.25, -0.2) is 4.98 Å². The van der Waals surface area contributed by atoms with Crippen molar-refractivity contribution in [1.82, 2.24) is 14.8 Å². The van der Waals surface area contributed by atoms with E-state index in [1.807, 2.05) is 18.0 Å². The molecule has 1 aromatic rings. The van der Waals surface area contributed by atoms with Crippen LogP contribution in [0.25, 0.3) is 0 Å². The Hall–Kier alpha value is -1.62. The summed E-state index contributed by atoms with van der Waals surface area (Å²) in [4.78, 5) is 21.2. The van der Waals surface area contributed by atoms with Crippen LogP contribution in [0.15, 0.2) is 18.3 Å². The lowest BCUT2D eigenvalue weighted by atomic mass is 10.1. The predicted octanol–water partition coefficient (Wildman–Crippen LogP) is 1.68. The highest BCUT2D eigenvalue weighted by molar-refractivity contribution is 5.92. The van der Waals surface area contributed by atoms with E-state index in [1.165, 1.54) is 0 Å². The third-order valence-electron chi connectivity index (χ3n) is 3.91. The fraction of sp³-hybridized carbons (Fsp3) is 0.600. The molecule has 1 N–H and O–H groups in total. The zero-order valence-electron chi connectivity index (χ0n) is 12.6. The molecule has 20 heavy (non-hydrogen) atoms. The summed E-state index contributed by atoms with van der Waals surface area (Å²) in [5, 5.41) is 3.01. The summed E-state index contributed by atoms with van der Waals surface area (Å²) < 4.78 is 0. The molecule has 1 amide bonds. The molecule has 0 aliphatic carbocycles. The largest absolute Gasteiger partial charge is 0.387 e. The summed E-state index contributed by atoms with van der Waals surface area (Å²) in [5.74, 6) is 0.0507. The van der Waals surface area contributed by atoms with Crippen LogP contribution in [-0.4, -0.2) is 60.5 Å². The van der Waals surface area contributed by atoms with E-state index < -0.39 is 0 Å². The average Bonchev–Trinajstić information content (AvgIpc) is 2.67. The van der Waals surface area contributed by atoms with Gasteiger partial charge in [-0.1, -0.05) is 6.92 Å². The van der Waals surface area contributed by atoms with Crippen molar-refractivity contribution in [2.24, 2.45) is 0 Å². The van der Waals surface area contributed by atoms with Crippen LogP contribution in [0.2, 0.25) is 0 Å². The van der Waals surface area contributed by atoms with Gasteiger partial charge in [0.1, 0.15) is 5.69 Å². The lowest BCUT2D eigenvalue weighted by Gasteiger charge is -2.30. The SMILES string of the molecule is CCC1CN(C)CCCN1C(=O)c1ccc(NC)cn1. The number of hydrogen-bond acceptors (Lipinski definition) is 4. The number of nitrogens with one attached hydrogen (secondary N) is 1. The zero-order chi connectivity index (χ0) is 14.5. The molecule has 0 saturated carbocycles. The third-order valence-corrected chi connectivity index (χ3v) is 3.91.